The molecule has 11 heavy (non-hydrogen) atoms. The summed E-state index contributed by atoms with van der Waals surface area (Å²) in [6.45, 7) is 8.68. The molecule has 0 rings (SSSR count). The van der Waals surface area contributed by atoms with Crippen LogP contribution in [0.4, 0.5) is 0 Å². The Labute approximate surface area is 70.8 Å². The number of aliphatic hydroxyl groups is 1. The molecule has 2 unspecified atom stereocenters. The van der Waals surface area contributed by atoms with Crippen molar-refractivity contribution in [2.45, 2.75) is 53.1 Å². The maximum Gasteiger partial charge on any atom is 0.0545 e. The standard InChI is InChI=1S/C10H22O/c1-5-9(4)7-10(11)6-8(2)3/h8-11H,5-7H2,1-4H3. The Kier molecular flexibility index (Phi) is 5.57. The van der Waals surface area contributed by atoms with Crippen LogP contribution in [0.3, 0.4) is 0 Å². The summed E-state index contributed by atoms with van der Waals surface area (Å²) in [7, 11) is 0. The molecule has 0 radical (unpaired) electrons. The smallest absolute Gasteiger partial charge is 0.0545 e. The topological polar surface area (TPSA) is 20.2 Å². The SMILES string of the molecule is CCC(C)CC(O)CC(C)C. The van der Waals surface area contributed by atoms with Crippen LogP contribution in [0.2, 0.25) is 0 Å². The highest BCUT2D eigenvalue weighted by Gasteiger charge is 2.09. The van der Waals surface area contributed by atoms with E-state index >= 15 is 0 Å². The van der Waals surface area contributed by atoms with E-state index in [0.29, 0.717) is 11.8 Å². The second-order valence-electron chi connectivity index (χ2n) is 4.03. The van der Waals surface area contributed by atoms with Gasteiger partial charge in [0.15, 0.2) is 0 Å². The first-order chi connectivity index (χ1) is 5.06. The van der Waals surface area contributed by atoms with Crippen molar-refractivity contribution >= 4 is 0 Å². The van der Waals surface area contributed by atoms with Gasteiger partial charge < -0.3 is 5.11 Å². The number of hydrogen-bond donors (Lipinski definition) is 1. The summed E-state index contributed by atoms with van der Waals surface area (Å²) >= 11 is 0. The van der Waals surface area contributed by atoms with Gasteiger partial charge in [-0.3, -0.25) is 0 Å². The van der Waals surface area contributed by atoms with Crippen molar-refractivity contribution < 1.29 is 5.11 Å². The van der Waals surface area contributed by atoms with Crippen molar-refractivity contribution in [1.82, 2.24) is 0 Å². The number of hydrogen-bond acceptors (Lipinski definition) is 1. The molecule has 2 atom stereocenters. The molecule has 0 aliphatic heterocycles. The molecule has 0 bridgehead atoms. The third-order valence-electron chi connectivity index (χ3n) is 2.11. The Morgan fingerprint density at radius 2 is 1.64 bits per heavy atom. The highest BCUT2D eigenvalue weighted by molar-refractivity contribution is 4.62. The fourth-order valence-electron chi connectivity index (χ4n) is 1.27. The monoisotopic (exact) mass is 158 g/mol. The van der Waals surface area contributed by atoms with Gasteiger partial charge in [0.05, 0.1) is 6.10 Å². The lowest BCUT2D eigenvalue weighted by molar-refractivity contribution is 0.121. The van der Waals surface area contributed by atoms with Crippen LogP contribution in [0.1, 0.15) is 47.0 Å². The predicted octanol–water partition coefficient (Wildman–Crippen LogP) is 2.83. The van der Waals surface area contributed by atoms with E-state index < -0.39 is 0 Å². The highest BCUT2D eigenvalue weighted by Crippen LogP contribution is 2.15. The molecule has 0 aromatic heterocycles. The summed E-state index contributed by atoms with van der Waals surface area (Å²) in [5.74, 6) is 1.29. The van der Waals surface area contributed by atoms with Crippen LogP contribution in [0.5, 0.6) is 0 Å². The minimum absolute atomic E-state index is 0.0788. The van der Waals surface area contributed by atoms with Crippen LogP contribution in [-0.2, 0) is 0 Å². The Hall–Kier alpha value is -0.0400. The number of aliphatic hydroxyl groups excluding tert-OH is 1. The van der Waals surface area contributed by atoms with Gasteiger partial charge in [-0.05, 0) is 24.7 Å². The average Bonchev–Trinajstić information content (AvgIpc) is 1.85. The van der Waals surface area contributed by atoms with Crippen LogP contribution < -0.4 is 0 Å². The fourth-order valence-corrected chi connectivity index (χ4v) is 1.27. The summed E-state index contributed by atoms with van der Waals surface area (Å²) in [6, 6.07) is 0. The van der Waals surface area contributed by atoms with Crippen molar-refractivity contribution in [1.29, 1.82) is 0 Å². The third kappa shape index (κ3) is 6.36. The van der Waals surface area contributed by atoms with E-state index in [1.54, 1.807) is 0 Å². The first-order valence-electron chi connectivity index (χ1n) is 4.74. The van der Waals surface area contributed by atoms with Crippen LogP contribution >= 0.6 is 0 Å². The van der Waals surface area contributed by atoms with Gasteiger partial charge in [-0.25, -0.2) is 0 Å². The molecule has 1 heteroatoms. The minimum Gasteiger partial charge on any atom is -0.393 e. The first-order valence-corrected chi connectivity index (χ1v) is 4.74. The Bertz CT molecular complexity index is 88.9. The van der Waals surface area contributed by atoms with Crippen LogP contribution in [0.25, 0.3) is 0 Å². The van der Waals surface area contributed by atoms with Crippen molar-refractivity contribution in [3.05, 3.63) is 0 Å². The van der Waals surface area contributed by atoms with E-state index in [4.69, 9.17) is 0 Å². The quantitative estimate of drug-likeness (QED) is 0.652. The Balaban J connectivity index is 3.43. The summed E-state index contributed by atoms with van der Waals surface area (Å²) in [4.78, 5) is 0. The molecule has 0 heterocycles. The molecule has 0 aromatic rings. The van der Waals surface area contributed by atoms with Crippen molar-refractivity contribution in [3.63, 3.8) is 0 Å². The molecule has 0 aliphatic rings. The molecule has 0 saturated carbocycles. The fraction of sp³-hybridized carbons (Fsp3) is 1.00. The molecular formula is C10H22O. The molecule has 0 spiro atoms. The summed E-state index contributed by atoms with van der Waals surface area (Å²) in [6.07, 6.45) is 3.01. The lowest BCUT2D eigenvalue weighted by Crippen LogP contribution is -2.13. The van der Waals surface area contributed by atoms with E-state index in [1.807, 2.05) is 0 Å². The van der Waals surface area contributed by atoms with Crippen molar-refractivity contribution in [3.8, 4) is 0 Å². The zero-order chi connectivity index (χ0) is 8.85. The van der Waals surface area contributed by atoms with Gasteiger partial charge in [-0.15, -0.1) is 0 Å². The van der Waals surface area contributed by atoms with Gasteiger partial charge in [0.1, 0.15) is 0 Å². The van der Waals surface area contributed by atoms with Crippen LogP contribution in [-0.4, -0.2) is 11.2 Å². The molecule has 0 aliphatic carbocycles. The van der Waals surface area contributed by atoms with E-state index in [1.165, 1.54) is 6.42 Å². The highest BCUT2D eigenvalue weighted by atomic mass is 16.3. The van der Waals surface area contributed by atoms with Gasteiger partial charge in [-0.1, -0.05) is 34.1 Å². The molecule has 1 nitrogen and oxygen atoms in total. The molecule has 68 valence electrons. The second kappa shape index (κ2) is 5.59. The molecular weight excluding hydrogens is 136 g/mol. The van der Waals surface area contributed by atoms with Gasteiger partial charge in [0, 0.05) is 0 Å². The van der Waals surface area contributed by atoms with Crippen LogP contribution in [0.15, 0.2) is 0 Å². The van der Waals surface area contributed by atoms with Gasteiger partial charge >= 0.3 is 0 Å². The third-order valence-corrected chi connectivity index (χ3v) is 2.11. The lowest BCUT2D eigenvalue weighted by Gasteiger charge is -2.16. The maximum absolute atomic E-state index is 9.52. The molecule has 0 fully saturated rings. The van der Waals surface area contributed by atoms with Gasteiger partial charge in [0.2, 0.25) is 0 Å². The van der Waals surface area contributed by atoms with E-state index in [2.05, 4.69) is 27.7 Å². The zero-order valence-corrected chi connectivity index (χ0v) is 8.30. The first kappa shape index (κ1) is 11.0. The lowest BCUT2D eigenvalue weighted by atomic mass is 9.95. The average molecular weight is 158 g/mol. The van der Waals surface area contributed by atoms with Crippen LogP contribution in [0, 0.1) is 11.8 Å². The summed E-state index contributed by atoms with van der Waals surface area (Å²) in [5, 5.41) is 9.52. The molecule has 0 aromatic carbocycles. The number of rotatable bonds is 5. The largest absolute Gasteiger partial charge is 0.393 e. The van der Waals surface area contributed by atoms with Crippen molar-refractivity contribution in [2.75, 3.05) is 0 Å². The predicted molar refractivity (Wildman–Crippen MR) is 49.5 cm³/mol. The maximum atomic E-state index is 9.52. The van der Waals surface area contributed by atoms with E-state index in [0.717, 1.165) is 12.8 Å². The van der Waals surface area contributed by atoms with Gasteiger partial charge in [-0.2, -0.15) is 0 Å². The van der Waals surface area contributed by atoms with Gasteiger partial charge in [0.25, 0.3) is 0 Å². The van der Waals surface area contributed by atoms with E-state index in [9.17, 15) is 5.11 Å². The van der Waals surface area contributed by atoms with E-state index in [-0.39, 0.29) is 6.10 Å². The second-order valence-corrected chi connectivity index (χ2v) is 4.03. The molecule has 0 saturated heterocycles. The Morgan fingerprint density at radius 3 is 2.00 bits per heavy atom. The zero-order valence-electron chi connectivity index (χ0n) is 8.30. The Morgan fingerprint density at radius 1 is 1.09 bits per heavy atom. The summed E-state index contributed by atoms with van der Waals surface area (Å²) < 4.78 is 0. The molecule has 1 N–H and O–H groups in total. The normalized spacial score (nSPS) is 16.9. The summed E-state index contributed by atoms with van der Waals surface area (Å²) in [5.41, 5.74) is 0. The van der Waals surface area contributed by atoms with Crippen molar-refractivity contribution in [2.24, 2.45) is 11.8 Å². The molecule has 0 amide bonds. The minimum atomic E-state index is -0.0788.